The van der Waals surface area contributed by atoms with E-state index in [2.05, 4.69) is 0 Å². The van der Waals surface area contributed by atoms with E-state index in [4.69, 9.17) is 9.47 Å². The van der Waals surface area contributed by atoms with Gasteiger partial charge in [-0.25, -0.2) is 0 Å². The average molecular weight is 314 g/mol. The van der Waals surface area contributed by atoms with Gasteiger partial charge >= 0.3 is 11.9 Å². The average Bonchev–Trinajstić information content (AvgIpc) is 2.47. The van der Waals surface area contributed by atoms with Gasteiger partial charge in [-0.2, -0.15) is 0 Å². The molecule has 1 aliphatic carbocycles. The van der Waals surface area contributed by atoms with Crippen molar-refractivity contribution < 1.29 is 24.2 Å². The molecule has 0 spiro atoms. The van der Waals surface area contributed by atoms with E-state index in [9.17, 15) is 14.7 Å². The van der Waals surface area contributed by atoms with Crippen LogP contribution in [0.15, 0.2) is 0 Å². The quantitative estimate of drug-likeness (QED) is 0.663. The largest absolute Gasteiger partial charge is 0.465 e. The number of esters is 2. The van der Waals surface area contributed by atoms with Crippen LogP contribution < -0.4 is 0 Å². The van der Waals surface area contributed by atoms with Gasteiger partial charge in [0.2, 0.25) is 0 Å². The smallest absolute Gasteiger partial charge is 0.302 e. The van der Waals surface area contributed by atoms with Gasteiger partial charge in [0.15, 0.2) is 0 Å². The fourth-order valence-corrected chi connectivity index (χ4v) is 3.36. The molecule has 0 saturated heterocycles. The highest BCUT2D eigenvalue weighted by Crippen LogP contribution is 2.43. The SMILES string of the molecule is CC(=O)OCC(CCC1(CCO)CCCCC1)COC(C)=O. The Labute approximate surface area is 133 Å². The first-order chi connectivity index (χ1) is 10.5. The Morgan fingerprint density at radius 1 is 1.00 bits per heavy atom. The third-order valence-electron chi connectivity index (χ3n) is 4.68. The summed E-state index contributed by atoms with van der Waals surface area (Å²) in [5.74, 6) is -0.587. The highest BCUT2D eigenvalue weighted by Gasteiger charge is 2.32. The molecule has 1 aliphatic rings. The van der Waals surface area contributed by atoms with Crippen molar-refractivity contribution in [3.63, 3.8) is 0 Å². The van der Waals surface area contributed by atoms with Crippen LogP contribution in [0.4, 0.5) is 0 Å². The molecule has 128 valence electrons. The molecule has 22 heavy (non-hydrogen) atoms. The highest BCUT2D eigenvalue weighted by atomic mass is 16.5. The molecule has 0 aliphatic heterocycles. The fraction of sp³-hybridized carbons (Fsp3) is 0.882. The van der Waals surface area contributed by atoms with Gasteiger partial charge in [0.1, 0.15) is 0 Å². The zero-order valence-corrected chi connectivity index (χ0v) is 13.9. The van der Waals surface area contributed by atoms with Crippen molar-refractivity contribution in [1.29, 1.82) is 0 Å². The van der Waals surface area contributed by atoms with E-state index in [1.54, 1.807) is 0 Å². The standard InChI is InChI=1S/C17H30O5/c1-14(19)21-12-16(13-22-15(2)20)6-9-17(10-11-18)7-4-3-5-8-17/h16,18H,3-13H2,1-2H3. The molecule has 0 atom stereocenters. The predicted molar refractivity (Wildman–Crippen MR) is 83.2 cm³/mol. The first kappa shape index (κ1) is 18.9. The van der Waals surface area contributed by atoms with Crippen molar-refractivity contribution in [1.82, 2.24) is 0 Å². The molecule has 5 heteroatoms. The van der Waals surface area contributed by atoms with Gasteiger partial charge in [0.25, 0.3) is 0 Å². The van der Waals surface area contributed by atoms with Crippen LogP contribution in [-0.4, -0.2) is 36.9 Å². The molecule has 0 radical (unpaired) electrons. The second-order valence-electron chi connectivity index (χ2n) is 6.54. The summed E-state index contributed by atoms with van der Waals surface area (Å²) >= 11 is 0. The predicted octanol–water partition coefficient (Wildman–Crippen LogP) is 2.84. The Morgan fingerprint density at radius 3 is 2.00 bits per heavy atom. The van der Waals surface area contributed by atoms with Crippen molar-refractivity contribution in [3.05, 3.63) is 0 Å². The Bertz CT molecular complexity index is 323. The van der Waals surface area contributed by atoms with E-state index in [0.717, 1.165) is 32.1 Å². The van der Waals surface area contributed by atoms with Crippen LogP contribution >= 0.6 is 0 Å². The monoisotopic (exact) mass is 314 g/mol. The lowest BCUT2D eigenvalue weighted by Crippen LogP contribution is -2.28. The Hall–Kier alpha value is -1.10. The van der Waals surface area contributed by atoms with E-state index in [1.807, 2.05) is 0 Å². The van der Waals surface area contributed by atoms with Crippen LogP contribution in [0.3, 0.4) is 0 Å². The molecular weight excluding hydrogens is 284 g/mol. The van der Waals surface area contributed by atoms with Crippen molar-refractivity contribution in [3.8, 4) is 0 Å². The number of hydrogen-bond acceptors (Lipinski definition) is 5. The van der Waals surface area contributed by atoms with E-state index in [1.165, 1.54) is 33.1 Å². The van der Waals surface area contributed by atoms with Crippen LogP contribution in [0.5, 0.6) is 0 Å². The summed E-state index contributed by atoms with van der Waals surface area (Å²) in [5.41, 5.74) is 0.206. The van der Waals surface area contributed by atoms with Crippen LogP contribution in [-0.2, 0) is 19.1 Å². The molecule has 0 unspecified atom stereocenters. The lowest BCUT2D eigenvalue weighted by molar-refractivity contribution is -0.146. The second-order valence-corrected chi connectivity index (χ2v) is 6.54. The van der Waals surface area contributed by atoms with Gasteiger partial charge in [-0.1, -0.05) is 19.3 Å². The van der Waals surface area contributed by atoms with Crippen LogP contribution in [0, 0.1) is 11.3 Å². The third kappa shape index (κ3) is 7.25. The van der Waals surface area contributed by atoms with Crippen molar-refractivity contribution >= 4 is 11.9 Å². The van der Waals surface area contributed by atoms with Crippen molar-refractivity contribution in [2.75, 3.05) is 19.8 Å². The molecule has 0 aromatic carbocycles. The summed E-state index contributed by atoms with van der Waals surface area (Å²) in [6.45, 7) is 3.57. The zero-order valence-electron chi connectivity index (χ0n) is 13.9. The molecular formula is C17H30O5. The molecule has 1 fully saturated rings. The van der Waals surface area contributed by atoms with Crippen LogP contribution in [0.1, 0.15) is 65.2 Å². The summed E-state index contributed by atoms with van der Waals surface area (Å²) < 4.78 is 10.2. The molecule has 1 N–H and O–H groups in total. The second kappa shape index (κ2) is 9.82. The van der Waals surface area contributed by atoms with Gasteiger partial charge in [0, 0.05) is 26.4 Å². The van der Waals surface area contributed by atoms with Crippen molar-refractivity contribution in [2.45, 2.75) is 65.2 Å². The van der Waals surface area contributed by atoms with Gasteiger partial charge in [-0.3, -0.25) is 9.59 Å². The van der Waals surface area contributed by atoms with E-state index >= 15 is 0 Å². The Kier molecular flexibility index (Phi) is 8.46. The summed E-state index contributed by atoms with van der Waals surface area (Å²) in [7, 11) is 0. The fourth-order valence-electron chi connectivity index (χ4n) is 3.36. The summed E-state index contributed by atoms with van der Waals surface area (Å²) in [5, 5.41) is 9.36. The van der Waals surface area contributed by atoms with Crippen molar-refractivity contribution in [2.24, 2.45) is 11.3 Å². The lowest BCUT2D eigenvalue weighted by atomic mass is 9.68. The van der Waals surface area contributed by atoms with E-state index in [-0.39, 0.29) is 43.1 Å². The number of rotatable bonds is 9. The molecule has 0 amide bonds. The number of aliphatic hydroxyl groups excluding tert-OH is 1. The normalized spacial score (nSPS) is 17.3. The van der Waals surface area contributed by atoms with Crippen LogP contribution in [0.2, 0.25) is 0 Å². The minimum absolute atomic E-state index is 0.0327. The maximum atomic E-state index is 11.0. The first-order valence-electron chi connectivity index (χ1n) is 8.35. The van der Waals surface area contributed by atoms with Gasteiger partial charge in [0.05, 0.1) is 13.2 Å². The van der Waals surface area contributed by atoms with E-state index in [0.29, 0.717) is 0 Å². The summed E-state index contributed by atoms with van der Waals surface area (Å²) in [6, 6.07) is 0. The maximum Gasteiger partial charge on any atom is 0.302 e. The molecule has 5 nitrogen and oxygen atoms in total. The molecule has 1 saturated carbocycles. The summed E-state index contributed by atoms with van der Waals surface area (Å²) in [6.07, 6.45) is 8.69. The summed E-state index contributed by atoms with van der Waals surface area (Å²) in [4.78, 5) is 22.0. The Balaban J connectivity index is 2.53. The number of carbonyl (C=O) groups excluding carboxylic acids is 2. The molecule has 0 heterocycles. The maximum absolute atomic E-state index is 11.0. The molecule has 0 aromatic heterocycles. The minimum Gasteiger partial charge on any atom is -0.465 e. The zero-order chi connectivity index (χ0) is 16.4. The number of aliphatic hydroxyl groups is 1. The lowest BCUT2D eigenvalue weighted by Gasteiger charge is -2.38. The minimum atomic E-state index is -0.310. The first-order valence-corrected chi connectivity index (χ1v) is 8.35. The topological polar surface area (TPSA) is 72.8 Å². The van der Waals surface area contributed by atoms with Gasteiger partial charge in [-0.05, 0) is 37.5 Å². The highest BCUT2D eigenvalue weighted by molar-refractivity contribution is 5.66. The molecule has 0 bridgehead atoms. The third-order valence-corrected chi connectivity index (χ3v) is 4.68. The molecule has 0 aromatic rings. The number of carbonyl (C=O) groups is 2. The number of hydrogen-bond donors (Lipinski definition) is 1. The Morgan fingerprint density at radius 2 is 1.55 bits per heavy atom. The van der Waals surface area contributed by atoms with Gasteiger partial charge in [-0.15, -0.1) is 0 Å². The van der Waals surface area contributed by atoms with E-state index < -0.39 is 0 Å². The van der Waals surface area contributed by atoms with Gasteiger partial charge < -0.3 is 14.6 Å². The number of ether oxygens (including phenoxy) is 2. The van der Waals surface area contributed by atoms with Crippen LogP contribution in [0.25, 0.3) is 0 Å². The molecule has 1 rings (SSSR count).